The Hall–Kier alpha value is -11.7. The number of aromatic nitrogens is 8. The molecule has 0 amide bonds. The van der Waals surface area contributed by atoms with Crippen molar-refractivity contribution < 1.29 is 9.47 Å². The van der Waals surface area contributed by atoms with E-state index in [2.05, 4.69) is 322 Å². The second-order valence-corrected chi connectivity index (χ2v) is 33.3. The van der Waals surface area contributed by atoms with Crippen LogP contribution in [0.4, 0.5) is 0 Å². The van der Waals surface area contributed by atoms with E-state index >= 15 is 0 Å². The van der Waals surface area contributed by atoms with Crippen molar-refractivity contribution >= 4 is 115 Å². The van der Waals surface area contributed by atoms with E-state index in [4.69, 9.17) is 29.4 Å². The highest BCUT2D eigenvalue weighted by molar-refractivity contribution is 7.25. The van der Waals surface area contributed by atoms with Crippen LogP contribution in [0, 0.1) is 62.3 Å². The number of rotatable bonds is 20. The molecule has 8 aromatic heterocycles. The molecule has 4 aliphatic heterocycles. The molecule has 10 nitrogen and oxygen atoms in total. The first-order chi connectivity index (χ1) is 54.9. The molecule has 113 heavy (non-hydrogen) atoms. The van der Waals surface area contributed by atoms with E-state index in [1.807, 2.05) is 0 Å². The van der Waals surface area contributed by atoms with Gasteiger partial charge in [-0.15, -0.1) is 22.7 Å². The van der Waals surface area contributed by atoms with Gasteiger partial charge in [-0.05, 0) is 301 Å². The second kappa shape index (κ2) is 31.1. The fraction of sp³-hybridized carbons (Fsp3) is 0.228. The maximum Gasteiger partial charge on any atom is 0.119 e. The molecular formula is C101H96N8O2S2. The SMILES string of the molecule is CCCCC(CC)Oc1ccc(-c2c3nc(c(-c4ccc(-c5ccc(-c6c7nc(c(-c8c(C)cc(C)cc8C)c8ccc([nH]8)c(-c8c(C)cc(C)cc8C)c8nc(c(-c9c(C)cc(C)cc9C)c9ccc6[nH]9)C=C8)C=C7)s5)s4)c4ccc([nH]4)c(-c4ccc(OC(CC)CCCC)cc4)c4nc(cc5ccc2[nH]5)C=C4)C=C3)cc1. The van der Waals surface area contributed by atoms with Gasteiger partial charge in [0.25, 0.3) is 0 Å². The number of H-pyrrole nitrogens is 4. The van der Waals surface area contributed by atoms with Crippen LogP contribution in [0.25, 0.3) is 179 Å². The Morgan fingerprint density at radius 3 is 0.956 bits per heavy atom. The van der Waals surface area contributed by atoms with Crippen molar-refractivity contribution in [3.8, 4) is 97.8 Å². The Labute approximate surface area is 671 Å². The van der Waals surface area contributed by atoms with E-state index in [-0.39, 0.29) is 12.2 Å². The van der Waals surface area contributed by atoms with Crippen LogP contribution in [-0.2, 0) is 0 Å². The van der Waals surface area contributed by atoms with Gasteiger partial charge >= 0.3 is 0 Å². The van der Waals surface area contributed by atoms with E-state index in [1.165, 1.54) is 55.6 Å². The second-order valence-electron chi connectivity index (χ2n) is 31.1. The van der Waals surface area contributed by atoms with Crippen molar-refractivity contribution in [1.82, 2.24) is 39.9 Å². The van der Waals surface area contributed by atoms with Gasteiger partial charge in [-0.3, -0.25) is 0 Å². The number of aryl methyl sites for hydroxylation is 9. The van der Waals surface area contributed by atoms with E-state index in [1.54, 1.807) is 22.7 Å². The molecule has 0 radical (unpaired) electrons. The van der Waals surface area contributed by atoms with Gasteiger partial charge in [0.05, 0.1) is 57.8 Å². The van der Waals surface area contributed by atoms with Crippen LogP contribution in [0.15, 0.2) is 164 Å². The molecule has 5 aromatic carbocycles. The number of fused-ring (bicyclic) bond motifs is 16. The van der Waals surface area contributed by atoms with Gasteiger partial charge in [0.2, 0.25) is 0 Å². The number of nitrogens with zero attached hydrogens (tertiary/aromatic N) is 4. The molecule has 16 bridgehead atoms. The number of aromatic amines is 4. The smallest absolute Gasteiger partial charge is 0.119 e. The lowest BCUT2D eigenvalue weighted by Crippen LogP contribution is -2.14. The first kappa shape index (κ1) is 74.1. The zero-order valence-electron chi connectivity index (χ0n) is 66.9. The summed E-state index contributed by atoms with van der Waals surface area (Å²) in [5.74, 6) is 1.74. The molecule has 13 aromatic rings. The largest absolute Gasteiger partial charge is 0.490 e. The highest BCUT2D eigenvalue weighted by Crippen LogP contribution is 2.48. The highest BCUT2D eigenvalue weighted by Gasteiger charge is 2.26. The number of ether oxygens (including phenoxy) is 2. The van der Waals surface area contributed by atoms with Crippen molar-refractivity contribution in [2.24, 2.45) is 0 Å². The molecule has 0 aliphatic carbocycles. The first-order valence-electron chi connectivity index (χ1n) is 40.2. The van der Waals surface area contributed by atoms with E-state index < -0.39 is 0 Å². The molecule has 564 valence electrons. The molecule has 0 fully saturated rings. The van der Waals surface area contributed by atoms with Crippen molar-refractivity contribution in [2.45, 2.75) is 154 Å². The van der Waals surface area contributed by atoms with E-state index in [0.29, 0.717) is 0 Å². The van der Waals surface area contributed by atoms with Gasteiger partial charge in [-0.2, -0.15) is 0 Å². The third-order valence-corrected chi connectivity index (χ3v) is 25.0. The Balaban J connectivity index is 0.866. The molecule has 0 saturated heterocycles. The van der Waals surface area contributed by atoms with E-state index in [0.717, 1.165) is 233 Å². The molecule has 4 N–H and O–H groups in total. The van der Waals surface area contributed by atoms with Crippen LogP contribution in [-0.4, -0.2) is 52.1 Å². The summed E-state index contributed by atoms with van der Waals surface area (Å²) in [5.41, 5.74) is 38.2. The summed E-state index contributed by atoms with van der Waals surface area (Å²) in [5, 5.41) is 0. The Kier molecular flexibility index (Phi) is 20.4. The number of unbranched alkanes of at least 4 members (excludes halogenated alkanes) is 2. The molecule has 12 heteroatoms. The number of benzene rings is 5. The maximum atomic E-state index is 6.62. The van der Waals surface area contributed by atoms with Crippen LogP contribution >= 0.6 is 22.7 Å². The zero-order chi connectivity index (χ0) is 77.9. The summed E-state index contributed by atoms with van der Waals surface area (Å²) in [6.07, 6.45) is 26.4. The highest BCUT2D eigenvalue weighted by atomic mass is 32.1. The first-order valence-corrected chi connectivity index (χ1v) is 41.9. The average molecular weight is 1520 g/mol. The minimum atomic E-state index is 0.162. The fourth-order valence-corrected chi connectivity index (χ4v) is 19.8. The third kappa shape index (κ3) is 14.5. The lowest BCUT2D eigenvalue weighted by atomic mass is 9.92. The number of thiophene rings is 2. The topological polar surface area (TPSA) is 133 Å². The van der Waals surface area contributed by atoms with Gasteiger partial charge in [0.15, 0.2) is 0 Å². The molecule has 17 rings (SSSR count). The minimum absolute atomic E-state index is 0.162. The van der Waals surface area contributed by atoms with Crippen LogP contribution in [0.2, 0.25) is 0 Å². The van der Waals surface area contributed by atoms with E-state index in [9.17, 15) is 0 Å². The van der Waals surface area contributed by atoms with Gasteiger partial charge in [-0.25, -0.2) is 19.9 Å². The van der Waals surface area contributed by atoms with Crippen LogP contribution in [0.1, 0.15) is 175 Å². The normalized spacial score (nSPS) is 12.9. The van der Waals surface area contributed by atoms with Gasteiger partial charge < -0.3 is 29.4 Å². The molecule has 2 unspecified atom stereocenters. The molecule has 4 aliphatic rings. The summed E-state index contributed by atoms with van der Waals surface area (Å²) in [6, 6.07) is 60.0. The summed E-state index contributed by atoms with van der Waals surface area (Å²) in [7, 11) is 0. The number of hydrogen-bond donors (Lipinski definition) is 4. The predicted octanol–water partition coefficient (Wildman–Crippen LogP) is 28.6. The molecular weight excluding hydrogens is 1420 g/mol. The lowest BCUT2D eigenvalue weighted by Gasteiger charge is -2.17. The standard InChI is InChI=1S/C101H96N8O2S2/c1-14-18-20-70(16-3)110-72-28-22-66(23-29-72)95-74-32-26-68(102-74)56-69-27-33-75(103-69)96(67-24-30-73(31-25-67)111-71(17-4)21-19-15-2)77-35-37-79(105-77)97(78-36-34-76(95)104-78)90-48-46-88(112-90)89-47-49-91(113-89)98-80-38-40-82(106-80)99(92-60(8)50-57(5)51-61(92)9)84-42-44-86(108-84)101(94-64(12)54-59(7)55-65(94)13)87-45-43-85(109-87)100(83-41-39-81(98)107-83)93-62(10)52-58(6)53-63(93)11/h22-56,70-71,102,105-106,109H,14-21H2,1-13H3. The number of hydrogen-bond acceptors (Lipinski definition) is 8. The molecule has 0 spiro atoms. The van der Waals surface area contributed by atoms with Crippen molar-refractivity contribution in [1.29, 1.82) is 0 Å². The van der Waals surface area contributed by atoms with Crippen molar-refractivity contribution in [2.75, 3.05) is 0 Å². The molecule has 12 heterocycles. The van der Waals surface area contributed by atoms with Gasteiger partial charge in [0, 0.05) is 103 Å². The van der Waals surface area contributed by atoms with Gasteiger partial charge in [0.1, 0.15) is 11.5 Å². The molecule has 0 saturated carbocycles. The number of nitrogens with one attached hydrogen (secondary N) is 4. The zero-order valence-corrected chi connectivity index (χ0v) is 68.6. The van der Waals surface area contributed by atoms with Crippen LogP contribution in [0.3, 0.4) is 0 Å². The molecule has 2 atom stereocenters. The van der Waals surface area contributed by atoms with Gasteiger partial charge in [-0.1, -0.05) is 131 Å². The monoisotopic (exact) mass is 1520 g/mol. The Bertz CT molecular complexity index is 6250. The van der Waals surface area contributed by atoms with Crippen LogP contribution < -0.4 is 9.47 Å². The minimum Gasteiger partial charge on any atom is -0.490 e. The fourth-order valence-electron chi connectivity index (χ4n) is 17.5. The lowest BCUT2D eigenvalue weighted by molar-refractivity contribution is 0.183. The summed E-state index contributed by atoms with van der Waals surface area (Å²) in [4.78, 5) is 43.1. The quantitative estimate of drug-likeness (QED) is 0.0601. The van der Waals surface area contributed by atoms with Crippen molar-refractivity contribution in [3.05, 3.63) is 259 Å². The maximum absolute atomic E-state index is 6.62. The Morgan fingerprint density at radius 1 is 0.292 bits per heavy atom. The summed E-state index contributed by atoms with van der Waals surface area (Å²) >= 11 is 3.57. The van der Waals surface area contributed by atoms with Crippen molar-refractivity contribution in [3.63, 3.8) is 0 Å². The third-order valence-electron chi connectivity index (χ3n) is 22.6. The Morgan fingerprint density at radius 2 is 0.593 bits per heavy atom. The summed E-state index contributed by atoms with van der Waals surface area (Å²) in [6.45, 7) is 28.8. The van der Waals surface area contributed by atoms with Crippen LogP contribution in [0.5, 0.6) is 11.5 Å². The average Bonchev–Trinajstić information content (AvgIpc) is 1.61. The summed E-state index contributed by atoms with van der Waals surface area (Å²) < 4.78 is 13.2. The predicted molar refractivity (Wildman–Crippen MR) is 482 cm³/mol.